The summed E-state index contributed by atoms with van der Waals surface area (Å²) in [6, 6.07) is -1.71. The van der Waals surface area contributed by atoms with Crippen LogP contribution in [0.4, 0.5) is 0 Å². The molecule has 3 heterocycles. The van der Waals surface area contributed by atoms with Crippen LogP contribution in [-0.2, 0) is 57.2 Å². The Balaban J connectivity index is 1.72. The van der Waals surface area contributed by atoms with E-state index < -0.39 is 137 Å². The quantitative estimate of drug-likeness (QED) is 0.0669. The van der Waals surface area contributed by atoms with Crippen LogP contribution in [0.25, 0.3) is 0 Å². The SMILES string of the molecule is COC1CC2CCC(C)C(O)(O2)C(=O)C(=O)[N+]2([O-])CCCCC2C(=O)OC(C(C)CC2CCC(OC(=O)C(C)(CO)CO)C(OC)C2)CC(=O)C(C)/C=C(\C)C(O)C(OC)C(=O)C(C)CC(C)\C=C/C=C/C=C/1C. The molecular formula is C56H87NO17. The van der Waals surface area contributed by atoms with E-state index in [1.165, 1.54) is 28.3 Å². The van der Waals surface area contributed by atoms with Gasteiger partial charge in [0, 0.05) is 58.3 Å². The van der Waals surface area contributed by atoms with Crippen LogP contribution in [0.1, 0.15) is 132 Å². The number of aliphatic hydroxyl groups excluding tert-OH is 3. The highest BCUT2D eigenvalue weighted by atomic mass is 16.6. The zero-order valence-electron chi connectivity index (χ0n) is 45.7. The summed E-state index contributed by atoms with van der Waals surface area (Å²) in [7, 11) is 4.35. The molecule has 16 unspecified atom stereocenters. The molecule has 4 N–H and O–H groups in total. The van der Waals surface area contributed by atoms with E-state index in [9.17, 15) is 54.4 Å². The molecule has 1 aliphatic carbocycles. The Morgan fingerprint density at radius 1 is 0.878 bits per heavy atom. The maximum Gasteiger partial charge on any atom is 0.388 e. The van der Waals surface area contributed by atoms with Crippen LogP contribution in [0.5, 0.6) is 0 Å². The van der Waals surface area contributed by atoms with Crippen molar-refractivity contribution in [2.75, 3.05) is 41.1 Å². The van der Waals surface area contributed by atoms with Crippen molar-refractivity contribution in [1.29, 1.82) is 0 Å². The number of cyclic esters (lactones) is 1. The molecule has 3 aliphatic heterocycles. The molecule has 0 spiro atoms. The van der Waals surface area contributed by atoms with Crippen molar-refractivity contribution in [2.24, 2.45) is 40.9 Å². The second kappa shape index (κ2) is 28.0. The van der Waals surface area contributed by atoms with Crippen LogP contribution < -0.4 is 0 Å². The van der Waals surface area contributed by atoms with Gasteiger partial charge in [0.05, 0.1) is 38.1 Å². The van der Waals surface area contributed by atoms with Crippen LogP contribution in [0.3, 0.4) is 0 Å². The molecule has 4 aliphatic rings. The van der Waals surface area contributed by atoms with Crippen LogP contribution in [-0.4, -0.2) is 156 Å². The molecule has 0 radical (unpaired) electrons. The highest BCUT2D eigenvalue weighted by Gasteiger charge is 2.58. The number of ether oxygens (including phenoxy) is 6. The first-order chi connectivity index (χ1) is 34.8. The van der Waals surface area contributed by atoms with Crippen LogP contribution in [0.2, 0.25) is 0 Å². The van der Waals surface area contributed by atoms with Gasteiger partial charge in [-0.05, 0) is 107 Å². The first kappa shape index (κ1) is 62.7. The fourth-order valence-corrected chi connectivity index (χ4v) is 10.9. The third-order valence-corrected chi connectivity index (χ3v) is 16.2. The van der Waals surface area contributed by atoms with Crippen molar-refractivity contribution in [3.63, 3.8) is 0 Å². The van der Waals surface area contributed by atoms with Gasteiger partial charge in [-0.3, -0.25) is 23.8 Å². The third kappa shape index (κ3) is 15.4. The Hall–Kier alpha value is -3.82. The molecule has 418 valence electrons. The van der Waals surface area contributed by atoms with Gasteiger partial charge in [0.2, 0.25) is 5.79 Å². The van der Waals surface area contributed by atoms with Gasteiger partial charge in [0.1, 0.15) is 35.6 Å². The molecule has 3 fully saturated rings. The summed E-state index contributed by atoms with van der Waals surface area (Å²) < 4.78 is 33.3. The second-order valence-corrected chi connectivity index (χ2v) is 22.2. The number of hydrogen-bond acceptors (Lipinski definition) is 17. The van der Waals surface area contributed by atoms with E-state index in [-0.39, 0.29) is 49.7 Å². The Morgan fingerprint density at radius 3 is 2.20 bits per heavy atom. The number of ketones is 3. The van der Waals surface area contributed by atoms with Crippen molar-refractivity contribution in [3.05, 3.63) is 52.8 Å². The van der Waals surface area contributed by atoms with Gasteiger partial charge in [-0.2, -0.15) is 0 Å². The number of piperidine rings is 1. The molecular weight excluding hydrogens is 959 g/mol. The lowest BCUT2D eigenvalue weighted by atomic mass is 9.78. The van der Waals surface area contributed by atoms with Crippen molar-refractivity contribution in [1.82, 2.24) is 0 Å². The van der Waals surface area contributed by atoms with Crippen molar-refractivity contribution in [3.8, 4) is 0 Å². The number of hydrogen-bond donors (Lipinski definition) is 4. The van der Waals surface area contributed by atoms with Gasteiger partial charge < -0.3 is 54.1 Å². The van der Waals surface area contributed by atoms with Gasteiger partial charge >= 0.3 is 23.6 Å². The number of amides is 1. The molecule has 4 rings (SSSR count). The van der Waals surface area contributed by atoms with Gasteiger partial charge in [-0.25, -0.2) is 9.59 Å². The van der Waals surface area contributed by atoms with E-state index in [1.807, 2.05) is 44.2 Å². The van der Waals surface area contributed by atoms with Crippen LogP contribution in [0.15, 0.2) is 47.6 Å². The van der Waals surface area contributed by atoms with Gasteiger partial charge in [-0.1, -0.05) is 71.1 Å². The number of allylic oxidation sites excluding steroid dienone is 6. The first-order valence-electron chi connectivity index (χ1n) is 26.6. The number of fused-ring (bicyclic) bond motifs is 3. The summed E-state index contributed by atoms with van der Waals surface area (Å²) in [4.78, 5) is 84.4. The number of carbonyl (C=O) groups excluding carboxylic acids is 6. The third-order valence-electron chi connectivity index (χ3n) is 16.2. The van der Waals surface area contributed by atoms with E-state index in [1.54, 1.807) is 40.7 Å². The maximum atomic E-state index is 15.0. The van der Waals surface area contributed by atoms with Crippen LogP contribution in [0, 0.1) is 46.1 Å². The second-order valence-electron chi connectivity index (χ2n) is 22.2. The Morgan fingerprint density at radius 2 is 1.57 bits per heavy atom. The lowest BCUT2D eigenvalue weighted by Gasteiger charge is -2.48. The number of esters is 2. The van der Waals surface area contributed by atoms with E-state index >= 15 is 0 Å². The summed E-state index contributed by atoms with van der Waals surface area (Å²) in [6.45, 7) is 11.9. The number of hydroxylamine groups is 3. The highest BCUT2D eigenvalue weighted by molar-refractivity contribution is 6.36. The maximum absolute atomic E-state index is 15.0. The Labute approximate surface area is 438 Å². The lowest BCUT2D eigenvalue weighted by molar-refractivity contribution is -0.825. The molecule has 0 aromatic rings. The monoisotopic (exact) mass is 1050 g/mol. The summed E-state index contributed by atoms with van der Waals surface area (Å²) in [5.74, 6) is -11.1. The minimum atomic E-state index is -2.67. The van der Waals surface area contributed by atoms with Gasteiger partial charge in [0.25, 0.3) is 0 Å². The average Bonchev–Trinajstić information content (AvgIpc) is 3.37. The summed E-state index contributed by atoms with van der Waals surface area (Å²) >= 11 is 0. The molecule has 16 atom stereocenters. The van der Waals surface area contributed by atoms with Crippen molar-refractivity contribution in [2.45, 2.75) is 187 Å². The zero-order valence-corrected chi connectivity index (χ0v) is 45.7. The zero-order chi connectivity index (χ0) is 55.3. The van der Waals surface area contributed by atoms with Crippen molar-refractivity contribution >= 4 is 35.2 Å². The fourth-order valence-electron chi connectivity index (χ4n) is 10.9. The number of nitrogens with zero attached hydrogens (tertiary/aromatic N) is 1. The molecule has 74 heavy (non-hydrogen) atoms. The molecule has 1 amide bonds. The van der Waals surface area contributed by atoms with Crippen LogP contribution >= 0.6 is 0 Å². The summed E-state index contributed by atoms with van der Waals surface area (Å²) in [5, 5.41) is 58.0. The van der Waals surface area contributed by atoms with E-state index in [0.29, 0.717) is 50.5 Å². The summed E-state index contributed by atoms with van der Waals surface area (Å²) in [5.41, 5.74) is -0.387. The molecule has 18 heteroatoms. The topological polar surface area (TPSA) is 262 Å². The number of rotatable bonds is 10. The summed E-state index contributed by atoms with van der Waals surface area (Å²) in [6.07, 6.45) is 7.79. The number of methoxy groups -OCH3 is 3. The average molecular weight is 1050 g/mol. The number of aliphatic hydroxyl groups is 4. The minimum Gasteiger partial charge on any atom is -0.624 e. The Bertz CT molecular complexity index is 2060. The first-order valence-corrected chi connectivity index (χ1v) is 26.6. The number of Topliss-reactive ketones (excluding diaryl/α,β-unsaturated/α-hetero) is 3. The minimum absolute atomic E-state index is 0.0269. The fraction of sp³-hybridized carbons (Fsp3) is 0.750. The normalized spacial score (nSPS) is 39.1. The molecule has 18 nitrogen and oxygen atoms in total. The standard InChI is InChI=1S/C56H87NO17/c1-33-17-13-12-14-18-34(2)45(69-9)29-41-22-20-39(7)56(67,74-41)51(63)52(64)57(68)24-16-15-19-42(57)53(65)72-46(30-43(60)35(3)26-38(6)49(62)50(71-11)48(61)37(5)25-33)36(4)27-40-21-23-44(47(28-40)70-10)73-54(66)55(8,31-58)32-59/h12-14,17-18,26,33,35-37,39-42,44-47,49-50,58-59,62,67H,15-16,19-25,27-32H2,1-11H3/b14-12+,17-13-,34-18+,38-26+. The van der Waals surface area contributed by atoms with E-state index in [2.05, 4.69) is 0 Å². The predicted molar refractivity (Wildman–Crippen MR) is 273 cm³/mol. The largest absolute Gasteiger partial charge is 0.624 e. The molecule has 2 saturated heterocycles. The highest BCUT2D eigenvalue weighted by Crippen LogP contribution is 2.40. The van der Waals surface area contributed by atoms with E-state index in [0.717, 1.165) is 5.57 Å². The Kier molecular flexibility index (Phi) is 23.7. The number of carbonyl (C=O) groups is 6. The smallest absolute Gasteiger partial charge is 0.388 e. The molecule has 0 aromatic carbocycles. The van der Waals surface area contributed by atoms with Gasteiger partial charge in [0.15, 0.2) is 11.8 Å². The molecule has 0 aromatic heterocycles. The van der Waals surface area contributed by atoms with E-state index in [4.69, 9.17) is 28.4 Å². The predicted octanol–water partition coefficient (Wildman–Crippen LogP) is 5.74. The molecule has 2 bridgehead atoms. The van der Waals surface area contributed by atoms with Crippen molar-refractivity contribution < 1.29 is 82.3 Å². The number of quaternary nitrogens is 1. The molecule has 1 saturated carbocycles. The van der Waals surface area contributed by atoms with Gasteiger partial charge in [-0.15, -0.1) is 0 Å². The lowest BCUT2D eigenvalue weighted by Crippen LogP contribution is -2.67.